The molecule has 1 aromatic carbocycles. The smallest absolute Gasteiger partial charge is 0.257 e. The lowest BCUT2D eigenvalue weighted by molar-refractivity contribution is 0.0933. The molecule has 1 heterocycles. The molecule has 0 atom stereocenters. The summed E-state index contributed by atoms with van der Waals surface area (Å²) in [5.41, 5.74) is 2.78. The Morgan fingerprint density at radius 1 is 0.897 bits per heavy atom. The Balaban J connectivity index is 1.65. The van der Waals surface area contributed by atoms with Crippen molar-refractivity contribution in [1.82, 2.24) is 10.3 Å². The number of amides is 2. The van der Waals surface area contributed by atoms with Gasteiger partial charge in [0.25, 0.3) is 11.8 Å². The summed E-state index contributed by atoms with van der Waals surface area (Å²) in [4.78, 5) is 29.3. The van der Waals surface area contributed by atoms with Crippen molar-refractivity contribution in [1.29, 1.82) is 0 Å². The van der Waals surface area contributed by atoms with E-state index >= 15 is 0 Å². The third-order valence-corrected chi connectivity index (χ3v) is 5.46. The molecular formula is C24H31N3O2. The normalized spacial score (nSPS) is 15.4. The first-order valence-corrected chi connectivity index (χ1v) is 10.5. The van der Waals surface area contributed by atoms with E-state index in [0.29, 0.717) is 11.1 Å². The molecule has 0 bridgehead atoms. The second kappa shape index (κ2) is 9.21. The summed E-state index contributed by atoms with van der Waals surface area (Å²) in [5.74, 6) is -0.432. The van der Waals surface area contributed by atoms with Crippen molar-refractivity contribution in [3.8, 4) is 0 Å². The molecule has 2 aromatic rings. The van der Waals surface area contributed by atoms with Gasteiger partial charge in [-0.2, -0.15) is 0 Å². The van der Waals surface area contributed by atoms with Gasteiger partial charge in [-0.1, -0.05) is 58.6 Å². The Morgan fingerprint density at radius 3 is 2.07 bits per heavy atom. The maximum absolute atomic E-state index is 12.6. The molecule has 0 saturated heterocycles. The van der Waals surface area contributed by atoms with Crippen LogP contribution in [-0.4, -0.2) is 22.8 Å². The SMILES string of the molecule is CC(C)(C)c1ccc(NC(=O)c2cncc(C(=O)NC3CCCCCC3)c2)cc1. The van der Waals surface area contributed by atoms with Gasteiger partial charge in [-0.15, -0.1) is 0 Å². The number of carbonyl (C=O) groups is 2. The summed E-state index contributed by atoms with van der Waals surface area (Å²) in [6.07, 6.45) is 9.82. The molecule has 1 aliphatic rings. The average Bonchev–Trinajstić information content (AvgIpc) is 2.96. The van der Waals surface area contributed by atoms with Gasteiger partial charge >= 0.3 is 0 Å². The number of hydrogen-bond acceptors (Lipinski definition) is 3. The zero-order valence-electron chi connectivity index (χ0n) is 17.6. The second-order valence-corrected chi connectivity index (χ2v) is 8.91. The highest BCUT2D eigenvalue weighted by atomic mass is 16.2. The Bertz CT molecular complexity index is 845. The third-order valence-electron chi connectivity index (χ3n) is 5.46. The fourth-order valence-corrected chi connectivity index (χ4v) is 3.64. The lowest BCUT2D eigenvalue weighted by Crippen LogP contribution is -2.34. The van der Waals surface area contributed by atoms with Gasteiger partial charge in [-0.25, -0.2) is 0 Å². The van der Waals surface area contributed by atoms with Crippen LogP contribution in [0.15, 0.2) is 42.7 Å². The van der Waals surface area contributed by atoms with Gasteiger partial charge < -0.3 is 10.6 Å². The van der Waals surface area contributed by atoms with Gasteiger partial charge in [-0.3, -0.25) is 14.6 Å². The van der Waals surface area contributed by atoms with Crippen LogP contribution >= 0.6 is 0 Å². The highest BCUT2D eigenvalue weighted by molar-refractivity contribution is 6.05. The lowest BCUT2D eigenvalue weighted by Gasteiger charge is -2.19. The summed E-state index contributed by atoms with van der Waals surface area (Å²) in [7, 11) is 0. The number of nitrogens with zero attached hydrogens (tertiary/aromatic N) is 1. The largest absolute Gasteiger partial charge is 0.349 e. The molecule has 3 rings (SSSR count). The first kappa shape index (κ1) is 21.0. The Morgan fingerprint density at radius 2 is 1.48 bits per heavy atom. The average molecular weight is 394 g/mol. The van der Waals surface area contributed by atoms with E-state index in [0.717, 1.165) is 31.4 Å². The third kappa shape index (κ3) is 5.89. The van der Waals surface area contributed by atoms with Crippen LogP contribution in [0.5, 0.6) is 0 Å². The molecular weight excluding hydrogens is 362 g/mol. The Labute approximate surface area is 173 Å². The summed E-state index contributed by atoms with van der Waals surface area (Å²) < 4.78 is 0. The summed E-state index contributed by atoms with van der Waals surface area (Å²) in [5, 5.41) is 5.98. The minimum Gasteiger partial charge on any atom is -0.349 e. The minimum atomic E-state index is -0.273. The maximum Gasteiger partial charge on any atom is 0.257 e. The highest BCUT2D eigenvalue weighted by Crippen LogP contribution is 2.23. The Hall–Kier alpha value is -2.69. The van der Waals surface area contributed by atoms with Gasteiger partial charge in [0.2, 0.25) is 0 Å². The number of nitrogens with one attached hydrogen (secondary N) is 2. The van der Waals surface area contributed by atoms with E-state index in [1.807, 2.05) is 24.3 Å². The van der Waals surface area contributed by atoms with Crippen LogP contribution in [0.25, 0.3) is 0 Å². The quantitative estimate of drug-likeness (QED) is 0.711. The molecule has 1 aliphatic carbocycles. The number of aromatic nitrogens is 1. The van der Waals surface area contributed by atoms with Crippen LogP contribution in [-0.2, 0) is 5.41 Å². The van der Waals surface area contributed by atoms with Crippen LogP contribution < -0.4 is 10.6 Å². The molecule has 5 heteroatoms. The minimum absolute atomic E-state index is 0.0610. The van der Waals surface area contributed by atoms with Crippen molar-refractivity contribution < 1.29 is 9.59 Å². The molecule has 0 radical (unpaired) electrons. The van der Waals surface area contributed by atoms with Crippen LogP contribution in [0, 0.1) is 0 Å². The van der Waals surface area contributed by atoms with Crippen molar-refractivity contribution in [2.24, 2.45) is 0 Å². The molecule has 0 spiro atoms. The van der Waals surface area contributed by atoms with E-state index in [2.05, 4.69) is 36.4 Å². The van der Waals surface area contributed by atoms with Crippen molar-refractivity contribution in [2.45, 2.75) is 70.8 Å². The number of benzene rings is 1. The first-order chi connectivity index (χ1) is 13.8. The summed E-state index contributed by atoms with van der Waals surface area (Å²) in [6, 6.07) is 9.65. The van der Waals surface area contributed by atoms with Gasteiger partial charge in [-0.05, 0) is 42.0 Å². The Kier molecular flexibility index (Phi) is 6.68. The van der Waals surface area contributed by atoms with E-state index < -0.39 is 0 Å². The van der Waals surface area contributed by atoms with Crippen LogP contribution in [0.1, 0.15) is 85.6 Å². The zero-order chi connectivity index (χ0) is 20.9. The summed E-state index contributed by atoms with van der Waals surface area (Å²) >= 11 is 0. The van der Waals surface area contributed by atoms with E-state index in [4.69, 9.17) is 0 Å². The van der Waals surface area contributed by atoms with Crippen molar-refractivity contribution >= 4 is 17.5 Å². The topological polar surface area (TPSA) is 71.1 Å². The summed E-state index contributed by atoms with van der Waals surface area (Å²) in [6.45, 7) is 6.45. The van der Waals surface area contributed by atoms with Gasteiger partial charge in [0, 0.05) is 24.1 Å². The predicted octanol–water partition coefficient (Wildman–Crippen LogP) is 5.08. The van der Waals surface area contributed by atoms with E-state index in [-0.39, 0.29) is 23.3 Å². The molecule has 2 amide bonds. The zero-order valence-corrected chi connectivity index (χ0v) is 17.6. The predicted molar refractivity (Wildman–Crippen MR) is 116 cm³/mol. The second-order valence-electron chi connectivity index (χ2n) is 8.91. The molecule has 2 N–H and O–H groups in total. The number of anilines is 1. The molecule has 29 heavy (non-hydrogen) atoms. The number of pyridine rings is 1. The van der Waals surface area contributed by atoms with Crippen molar-refractivity contribution in [3.63, 3.8) is 0 Å². The molecule has 5 nitrogen and oxygen atoms in total. The monoisotopic (exact) mass is 393 g/mol. The van der Waals surface area contributed by atoms with Gasteiger partial charge in [0.05, 0.1) is 11.1 Å². The van der Waals surface area contributed by atoms with Crippen LogP contribution in [0.4, 0.5) is 5.69 Å². The molecule has 1 fully saturated rings. The van der Waals surface area contributed by atoms with Gasteiger partial charge in [0.15, 0.2) is 0 Å². The highest BCUT2D eigenvalue weighted by Gasteiger charge is 2.18. The van der Waals surface area contributed by atoms with Crippen LogP contribution in [0.3, 0.4) is 0 Å². The first-order valence-electron chi connectivity index (χ1n) is 10.5. The van der Waals surface area contributed by atoms with Crippen LogP contribution in [0.2, 0.25) is 0 Å². The van der Waals surface area contributed by atoms with E-state index in [9.17, 15) is 9.59 Å². The van der Waals surface area contributed by atoms with Crippen molar-refractivity contribution in [2.75, 3.05) is 5.32 Å². The van der Waals surface area contributed by atoms with E-state index in [1.165, 1.54) is 30.8 Å². The van der Waals surface area contributed by atoms with Gasteiger partial charge in [0.1, 0.15) is 0 Å². The maximum atomic E-state index is 12.6. The number of hydrogen-bond donors (Lipinski definition) is 2. The number of rotatable bonds is 4. The molecule has 0 aliphatic heterocycles. The fourth-order valence-electron chi connectivity index (χ4n) is 3.64. The molecule has 1 saturated carbocycles. The number of carbonyl (C=O) groups excluding carboxylic acids is 2. The molecule has 1 aromatic heterocycles. The van der Waals surface area contributed by atoms with E-state index in [1.54, 1.807) is 6.07 Å². The molecule has 0 unspecified atom stereocenters. The fraction of sp³-hybridized carbons (Fsp3) is 0.458. The van der Waals surface area contributed by atoms with Crippen molar-refractivity contribution in [3.05, 3.63) is 59.4 Å². The lowest BCUT2D eigenvalue weighted by atomic mass is 9.87. The standard InChI is InChI=1S/C24H31N3O2/c1-24(2,3)19-10-12-21(13-11-19)27-23(29)18-14-17(15-25-16-18)22(28)26-20-8-6-4-5-7-9-20/h10-16,20H,4-9H2,1-3H3,(H,26,28)(H,27,29). The molecule has 154 valence electrons.